The van der Waals surface area contributed by atoms with Gasteiger partial charge in [-0.3, -0.25) is 4.79 Å². The normalized spacial score (nSPS) is 13.3. The number of benzene rings is 2. The fourth-order valence-corrected chi connectivity index (χ4v) is 5.02. The van der Waals surface area contributed by atoms with Gasteiger partial charge in [0.1, 0.15) is 12.4 Å². The van der Waals surface area contributed by atoms with Crippen LogP contribution in [0.1, 0.15) is 41.8 Å². The van der Waals surface area contributed by atoms with E-state index in [2.05, 4.69) is 17.4 Å². The number of rotatable bonds is 9. The topological polar surface area (TPSA) is 75.7 Å². The Morgan fingerprint density at radius 2 is 1.72 bits per heavy atom. The molecule has 0 bridgehead atoms. The Morgan fingerprint density at radius 1 is 1.03 bits per heavy atom. The van der Waals surface area contributed by atoms with Gasteiger partial charge >= 0.3 is 0 Å². The lowest BCUT2D eigenvalue weighted by Gasteiger charge is -2.18. The van der Waals surface area contributed by atoms with Gasteiger partial charge in [-0.2, -0.15) is 4.31 Å². The third-order valence-electron chi connectivity index (χ3n) is 5.19. The Bertz CT molecular complexity index is 951. The number of nitrogens with one attached hydrogen (secondary N) is 1. The van der Waals surface area contributed by atoms with Crippen LogP contribution in [0.3, 0.4) is 0 Å². The summed E-state index contributed by atoms with van der Waals surface area (Å²) in [7, 11) is -3.52. The molecule has 3 rings (SSSR count). The van der Waals surface area contributed by atoms with E-state index in [9.17, 15) is 13.2 Å². The molecule has 0 atom stereocenters. The molecular weight excluding hydrogens is 388 g/mol. The third-order valence-corrected chi connectivity index (χ3v) is 7.25. The molecule has 6 nitrogen and oxygen atoms in total. The zero-order valence-electron chi connectivity index (χ0n) is 17.0. The minimum absolute atomic E-state index is 0.192. The van der Waals surface area contributed by atoms with Crippen molar-refractivity contribution in [2.24, 2.45) is 0 Å². The second kappa shape index (κ2) is 9.41. The summed E-state index contributed by atoms with van der Waals surface area (Å²) in [5.74, 6) is 0.570. The summed E-state index contributed by atoms with van der Waals surface area (Å²) >= 11 is 0. The van der Waals surface area contributed by atoms with E-state index in [1.807, 2.05) is 6.07 Å². The zero-order chi connectivity index (χ0) is 20.9. The quantitative estimate of drug-likeness (QED) is 0.638. The van der Waals surface area contributed by atoms with Gasteiger partial charge in [0.2, 0.25) is 10.0 Å². The van der Waals surface area contributed by atoms with Gasteiger partial charge in [0.05, 0.1) is 11.4 Å². The third kappa shape index (κ3) is 4.97. The first-order chi connectivity index (χ1) is 14.0. The Morgan fingerprint density at radius 3 is 2.41 bits per heavy atom. The molecule has 1 aliphatic rings. The van der Waals surface area contributed by atoms with Crippen LogP contribution in [0.4, 0.5) is 0 Å². The van der Waals surface area contributed by atoms with Gasteiger partial charge in [-0.05, 0) is 66.8 Å². The first kappa shape index (κ1) is 21.3. The molecular formula is C22H28N2O4S. The van der Waals surface area contributed by atoms with E-state index >= 15 is 0 Å². The van der Waals surface area contributed by atoms with Gasteiger partial charge in [0, 0.05) is 18.7 Å². The molecule has 0 heterocycles. The number of carbonyl (C=O) groups is 1. The highest BCUT2D eigenvalue weighted by molar-refractivity contribution is 7.89. The van der Waals surface area contributed by atoms with Crippen LogP contribution in [-0.2, 0) is 22.9 Å². The fraction of sp³-hybridized carbons (Fsp3) is 0.409. The lowest BCUT2D eigenvalue weighted by Crippen LogP contribution is -2.31. The summed E-state index contributed by atoms with van der Waals surface area (Å²) in [5, 5.41) is 2.80. The van der Waals surface area contributed by atoms with Crippen LogP contribution < -0.4 is 10.1 Å². The van der Waals surface area contributed by atoms with Gasteiger partial charge in [-0.25, -0.2) is 8.42 Å². The zero-order valence-corrected chi connectivity index (χ0v) is 17.8. The second-order valence-electron chi connectivity index (χ2n) is 7.00. The number of hydrogen-bond donors (Lipinski definition) is 1. The SMILES string of the molecule is CCN(CC)S(=O)(=O)c1ccc(C(=O)NCCOc2ccc3c(c2)CCC3)cc1. The Labute approximate surface area is 172 Å². The average Bonchev–Trinajstić information content (AvgIpc) is 3.19. The number of carbonyl (C=O) groups excluding carboxylic acids is 1. The van der Waals surface area contributed by atoms with E-state index < -0.39 is 10.0 Å². The number of fused-ring (bicyclic) bond motifs is 1. The van der Waals surface area contributed by atoms with E-state index in [4.69, 9.17) is 4.74 Å². The van der Waals surface area contributed by atoms with E-state index in [0.29, 0.717) is 31.8 Å². The van der Waals surface area contributed by atoms with Crippen LogP contribution in [0.25, 0.3) is 0 Å². The van der Waals surface area contributed by atoms with Crippen molar-refractivity contribution in [3.63, 3.8) is 0 Å². The molecule has 0 aliphatic heterocycles. The Kier molecular flexibility index (Phi) is 6.92. The predicted molar refractivity (Wildman–Crippen MR) is 113 cm³/mol. The van der Waals surface area contributed by atoms with Crippen LogP contribution in [0.15, 0.2) is 47.4 Å². The van der Waals surface area contributed by atoms with Gasteiger partial charge in [-0.15, -0.1) is 0 Å². The molecule has 1 aliphatic carbocycles. The van der Waals surface area contributed by atoms with Gasteiger partial charge in [0.25, 0.3) is 5.91 Å². The highest BCUT2D eigenvalue weighted by atomic mass is 32.2. The van der Waals surface area contributed by atoms with Crippen LogP contribution in [0.5, 0.6) is 5.75 Å². The van der Waals surface area contributed by atoms with E-state index in [1.165, 1.54) is 46.1 Å². The minimum Gasteiger partial charge on any atom is -0.492 e. The van der Waals surface area contributed by atoms with Crippen molar-refractivity contribution in [2.75, 3.05) is 26.2 Å². The minimum atomic E-state index is -3.52. The standard InChI is InChI=1S/C22H28N2O4S/c1-3-24(4-2)29(26,27)21-12-9-18(10-13-21)22(25)23-14-15-28-20-11-8-17-6-5-7-19(17)16-20/h8-13,16H,3-7,14-15H2,1-2H3,(H,23,25). The number of ether oxygens (including phenoxy) is 1. The van der Waals surface area contributed by atoms with Crippen molar-refractivity contribution in [3.05, 3.63) is 59.2 Å². The Balaban J connectivity index is 1.51. The van der Waals surface area contributed by atoms with Crippen LogP contribution in [0.2, 0.25) is 0 Å². The lowest BCUT2D eigenvalue weighted by atomic mass is 10.1. The summed E-state index contributed by atoms with van der Waals surface area (Å²) < 4.78 is 32.1. The lowest BCUT2D eigenvalue weighted by molar-refractivity contribution is 0.0947. The molecule has 1 N–H and O–H groups in total. The van der Waals surface area contributed by atoms with Crippen LogP contribution in [-0.4, -0.2) is 44.9 Å². The van der Waals surface area contributed by atoms with E-state index in [1.54, 1.807) is 13.8 Å². The molecule has 0 saturated carbocycles. The highest BCUT2D eigenvalue weighted by Crippen LogP contribution is 2.25. The number of amides is 1. The van der Waals surface area contributed by atoms with Crippen LogP contribution >= 0.6 is 0 Å². The number of sulfonamides is 1. The van der Waals surface area contributed by atoms with Gasteiger partial charge < -0.3 is 10.1 Å². The Hall–Kier alpha value is -2.38. The maximum Gasteiger partial charge on any atom is 0.251 e. The first-order valence-electron chi connectivity index (χ1n) is 10.1. The smallest absolute Gasteiger partial charge is 0.251 e. The van der Waals surface area contributed by atoms with Crippen molar-refractivity contribution >= 4 is 15.9 Å². The van der Waals surface area contributed by atoms with E-state index in [-0.39, 0.29) is 10.8 Å². The molecule has 0 fully saturated rings. The summed E-state index contributed by atoms with van der Waals surface area (Å²) in [6, 6.07) is 12.2. The molecule has 0 radical (unpaired) electrons. The van der Waals surface area contributed by atoms with Crippen molar-refractivity contribution in [1.82, 2.24) is 9.62 Å². The maximum atomic E-state index is 12.5. The summed E-state index contributed by atoms with van der Waals surface area (Å²) in [4.78, 5) is 12.5. The monoisotopic (exact) mass is 416 g/mol. The fourth-order valence-electron chi connectivity index (χ4n) is 3.56. The van der Waals surface area contributed by atoms with Gasteiger partial charge in [0.15, 0.2) is 0 Å². The van der Waals surface area contributed by atoms with E-state index in [0.717, 1.165) is 18.6 Å². The molecule has 0 spiro atoms. The molecule has 2 aromatic rings. The summed E-state index contributed by atoms with van der Waals surface area (Å²) in [6.07, 6.45) is 3.44. The summed E-state index contributed by atoms with van der Waals surface area (Å²) in [5.41, 5.74) is 3.17. The molecule has 29 heavy (non-hydrogen) atoms. The number of hydrogen-bond acceptors (Lipinski definition) is 4. The maximum absolute atomic E-state index is 12.5. The molecule has 2 aromatic carbocycles. The molecule has 156 valence electrons. The summed E-state index contributed by atoms with van der Waals surface area (Å²) in [6.45, 7) is 5.16. The highest BCUT2D eigenvalue weighted by Gasteiger charge is 2.21. The van der Waals surface area contributed by atoms with Crippen molar-refractivity contribution in [3.8, 4) is 5.75 Å². The largest absolute Gasteiger partial charge is 0.492 e. The molecule has 0 unspecified atom stereocenters. The molecule has 1 amide bonds. The van der Waals surface area contributed by atoms with Gasteiger partial charge in [-0.1, -0.05) is 19.9 Å². The van der Waals surface area contributed by atoms with Crippen molar-refractivity contribution in [2.45, 2.75) is 38.0 Å². The number of nitrogens with zero attached hydrogens (tertiary/aromatic N) is 1. The molecule has 0 saturated heterocycles. The first-order valence-corrected chi connectivity index (χ1v) is 11.5. The second-order valence-corrected chi connectivity index (χ2v) is 8.94. The predicted octanol–water partition coefficient (Wildman–Crippen LogP) is 3.01. The molecule has 7 heteroatoms. The molecule has 0 aromatic heterocycles. The van der Waals surface area contributed by atoms with Crippen molar-refractivity contribution < 1.29 is 17.9 Å². The average molecular weight is 417 g/mol. The number of aryl methyl sites for hydroxylation is 2. The van der Waals surface area contributed by atoms with Crippen molar-refractivity contribution in [1.29, 1.82) is 0 Å². The van der Waals surface area contributed by atoms with Crippen LogP contribution in [0, 0.1) is 0 Å².